The number of amides is 1. The number of esters is 1. The molecule has 2 unspecified atom stereocenters. The van der Waals surface area contributed by atoms with E-state index < -0.39 is 6.04 Å². The summed E-state index contributed by atoms with van der Waals surface area (Å²) in [5, 5.41) is -0.0629. The molecule has 4 nitrogen and oxygen atoms in total. The molecule has 1 aliphatic heterocycles. The summed E-state index contributed by atoms with van der Waals surface area (Å²) in [6.45, 7) is 10.7. The zero-order valence-electron chi connectivity index (χ0n) is 16.3. The molecule has 2 atom stereocenters. The van der Waals surface area contributed by atoms with E-state index >= 15 is 0 Å². The summed E-state index contributed by atoms with van der Waals surface area (Å²) < 4.78 is 5.42. The summed E-state index contributed by atoms with van der Waals surface area (Å²) in [6, 6.07) is 9.15. The van der Waals surface area contributed by atoms with E-state index in [1.807, 2.05) is 44.2 Å². The first-order chi connectivity index (χ1) is 12.2. The smallest absolute Gasteiger partial charge is 0.329 e. The van der Waals surface area contributed by atoms with Gasteiger partial charge in [0.1, 0.15) is 6.04 Å². The highest BCUT2D eigenvalue weighted by Crippen LogP contribution is 2.41. The number of ether oxygens (including phenoxy) is 1. The number of carbonyl (C=O) groups is 2. The Morgan fingerprint density at radius 3 is 2.50 bits per heavy atom. The van der Waals surface area contributed by atoms with Crippen LogP contribution in [0.5, 0.6) is 0 Å². The fourth-order valence-corrected chi connectivity index (χ4v) is 4.36. The van der Waals surface area contributed by atoms with Crippen LogP contribution >= 0.6 is 11.8 Å². The van der Waals surface area contributed by atoms with Crippen LogP contribution in [0.1, 0.15) is 40.2 Å². The maximum atomic E-state index is 12.9. The molecule has 1 heterocycles. The van der Waals surface area contributed by atoms with Gasteiger partial charge in [0.15, 0.2) is 0 Å². The number of benzene rings is 1. The normalized spacial score (nSPS) is 20.8. The van der Waals surface area contributed by atoms with Gasteiger partial charge in [-0.15, -0.1) is 11.8 Å². The zero-order chi connectivity index (χ0) is 19.3. The molecular weight excluding hydrogens is 346 g/mol. The molecule has 2 rings (SSSR count). The minimum absolute atomic E-state index is 0.0629. The molecule has 0 N–H and O–H groups in total. The Hall–Kier alpha value is -1.75. The van der Waals surface area contributed by atoms with Gasteiger partial charge in [-0.3, -0.25) is 4.79 Å². The summed E-state index contributed by atoms with van der Waals surface area (Å²) in [4.78, 5) is 27.2. The molecule has 0 aromatic heterocycles. The summed E-state index contributed by atoms with van der Waals surface area (Å²) in [5.41, 5.74) is 0.826. The predicted molar refractivity (Wildman–Crippen MR) is 108 cm³/mol. The number of thioether (sulfide) groups is 1. The van der Waals surface area contributed by atoms with E-state index in [1.165, 1.54) is 0 Å². The minimum Gasteiger partial charge on any atom is -0.464 e. The molecule has 1 amide bonds. The van der Waals surface area contributed by atoms with Gasteiger partial charge in [-0.25, -0.2) is 4.79 Å². The molecule has 0 saturated carbocycles. The molecule has 142 valence electrons. The van der Waals surface area contributed by atoms with E-state index in [0.29, 0.717) is 12.4 Å². The van der Waals surface area contributed by atoms with Crippen LogP contribution in [0, 0.1) is 11.3 Å². The van der Waals surface area contributed by atoms with E-state index in [2.05, 4.69) is 20.8 Å². The highest BCUT2D eigenvalue weighted by Gasteiger charge is 2.46. The Morgan fingerprint density at radius 2 is 1.92 bits per heavy atom. The van der Waals surface area contributed by atoms with Crippen LogP contribution < -0.4 is 0 Å². The van der Waals surface area contributed by atoms with Crippen molar-refractivity contribution in [3.63, 3.8) is 0 Å². The first kappa shape index (κ1) is 20.6. The van der Waals surface area contributed by atoms with E-state index in [-0.39, 0.29) is 28.6 Å². The van der Waals surface area contributed by atoms with E-state index in [1.54, 1.807) is 28.8 Å². The summed E-state index contributed by atoms with van der Waals surface area (Å²) in [5.74, 6) is 0.391. The lowest BCUT2D eigenvalue weighted by molar-refractivity contribution is -0.154. The fourth-order valence-electron chi connectivity index (χ4n) is 2.79. The predicted octanol–water partition coefficient (Wildman–Crippen LogP) is 4.22. The Morgan fingerprint density at radius 1 is 1.27 bits per heavy atom. The Bertz CT molecular complexity index is 649. The van der Waals surface area contributed by atoms with Crippen LogP contribution in [0.3, 0.4) is 0 Å². The van der Waals surface area contributed by atoms with Gasteiger partial charge in [-0.05, 0) is 23.0 Å². The number of hydrogen-bond acceptors (Lipinski definition) is 4. The third-order valence-electron chi connectivity index (χ3n) is 4.04. The maximum absolute atomic E-state index is 12.9. The average Bonchev–Trinajstić information content (AvgIpc) is 3.04. The Balaban J connectivity index is 2.19. The third-order valence-corrected chi connectivity index (χ3v) is 5.80. The summed E-state index contributed by atoms with van der Waals surface area (Å²) in [7, 11) is 0. The van der Waals surface area contributed by atoms with Crippen LogP contribution in [0.4, 0.5) is 0 Å². The lowest BCUT2D eigenvalue weighted by atomic mass is 9.94. The van der Waals surface area contributed by atoms with Gasteiger partial charge in [0.05, 0.1) is 12.0 Å². The topological polar surface area (TPSA) is 46.6 Å². The van der Waals surface area contributed by atoms with Gasteiger partial charge in [-0.1, -0.05) is 65.0 Å². The first-order valence-electron chi connectivity index (χ1n) is 9.04. The van der Waals surface area contributed by atoms with Gasteiger partial charge in [0.25, 0.3) is 0 Å². The van der Waals surface area contributed by atoms with E-state index in [4.69, 9.17) is 4.74 Å². The highest BCUT2D eigenvalue weighted by molar-refractivity contribution is 8.00. The van der Waals surface area contributed by atoms with Gasteiger partial charge in [-0.2, -0.15) is 0 Å². The van der Waals surface area contributed by atoms with E-state index in [0.717, 1.165) is 5.56 Å². The molecule has 1 aromatic rings. The monoisotopic (exact) mass is 375 g/mol. The number of nitrogens with zero attached hydrogens (tertiary/aromatic N) is 1. The van der Waals surface area contributed by atoms with Gasteiger partial charge in [0, 0.05) is 11.8 Å². The lowest BCUT2D eigenvalue weighted by Crippen LogP contribution is -2.49. The van der Waals surface area contributed by atoms with Crippen molar-refractivity contribution in [1.82, 2.24) is 4.90 Å². The van der Waals surface area contributed by atoms with Crippen molar-refractivity contribution in [2.45, 2.75) is 46.0 Å². The van der Waals surface area contributed by atoms with Crippen LogP contribution in [0.2, 0.25) is 0 Å². The standard InChI is InChI=1S/C21H29NO3S/c1-15(2)13-25-19(24)17-14-26-20(21(3,4)5)22(17)18(23)12-11-16-9-7-6-8-10-16/h6-12,15,17,20H,13-14H2,1-5H3/b12-11+. The van der Waals surface area contributed by atoms with Gasteiger partial charge in [0.2, 0.25) is 5.91 Å². The Kier molecular flexibility index (Phi) is 6.93. The SMILES string of the molecule is CC(C)COC(=O)C1CSC(C(C)(C)C)N1C(=O)/C=C/c1ccccc1. The lowest BCUT2D eigenvalue weighted by Gasteiger charge is -2.35. The maximum Gasteiger partial charge on any atom is 0.329 e. The van der Waals surface area contributed by atoms with Crippen molar-refractivity contribution >= 4 is 29.7 Å². The molecule has 1 saturated heterocycles. The number of hydrogen-bond donors (Lipinski definition) is 0. The molecule has 26 heavy (non-hydrogen) atoms. The molecular formula is C21H29NO3S. The van der Waals surface area contributed by atoms with Crippen molar-refractivity contribution in [3.05, 3.63) is 42.0 Å². The van der Waals surface area contributed by atoms with Crippen molar-refractivity contribution < 1.29 is 14.3 Å². The molecule has 0 aliphatic carbocycles. The second kappa shape index (κ2) is 8.76. The zero-order valence-corrected chi connectivity index (χ0v) is 17.1. The number of rotatable bonds is 5. The molecule has 1 aromatic carbocycles. The summed E-state index contributed by atoms with van der Waals surface area (Å²) in [6.07, 6.45) is 3.35. The van der Waals surface area contributed by atoms with Crippen molar-refractivity contribution in [3.8, 4) is 0 Å². The van der Waals surface area contributed by atoms with E-state index in [9.17, 15) is 9.59 Å². The van der Waals surface area contributed by atoms with Crippen molar-refractivity contribution in [1.29, 1.82) is 0 Å². The van der Waals surface area contributed by atoms with Gasteiger partial charge >= 0.3 is 5.97 Å². The average molecular weight is 376 g/mol. The highest BCUT2D eigenvalue weighted by atomic mass is 32.2. The summed E-state index contributed by atoms with van der Waals surface area (Å²) >= 11 is 1.65. The Labute approximate surface area is 161 Å². The first-order valence-corrected chi connectivity index (χ1v) is 10.1. The van der Waals surface area contributed by atoms with Crippen LogP contribution in [-0.2, 0) is 14.3 Å². The quantitative estimate of drug-likeness (QED) is 0.571. The fraction of sp³-hybridized carbons (Fsp3) is 0.524. The largest absolute Gasteiger partial charge is 0.464 e. The second-order valence-electron chi connectivity index (χ2n) is 8.08. The number of carbonyl (C=O) groups excluding carboxylic acids is 2. The molecule has 1 aliphatic rings. The van der Waals surface area contributed by atoms with Crippen molar-refractivity contribution in [2.24, 2.45) is 11.3 Å². The van der Waals surface area contributed by atoms with Crippen LogP contribution in [0.15, 0.2) is 36.4 Å². The van der Waals surface area contributed by atoms with Crippen LogP contribution in [-0.4, -0.2) is 40.6 Å². The van der Waals surface area contributed by atoms with Gasteiger partial charge < -0.3 is 9.64 Å². The third kappa shape index (κ3) is 5.37. The molecule has 5 heteroatoms. The van der Waals surface area contributed by atoms with Crippen LogP contribution in [0.25, 0.3) is 6.08 Å². The molecule has 1 fully saturated rings. The molecule has 0 bridgehead atoms. The molecule has 0 spiro atoms. The minimum atomic E-state index is -0.532. The molecule has 0 radical (unpaired) electrons. The van der Waals surface area contributed by atoms with Crippen molar-refractivity contribution in [2.75, 3.05) is 12.4 Å². The second-order valence-corrected chi connectivity index (χ2v) is 9.19.